The number of hydrogen-bond acceptors (Lipinski definition) is 5. The van der Waals surface area contributed by atoms with Gasteiger partial charge in [-0.05, 0) is 48.2 Å². The molecule has 3 rings (SSSR count). The molecule has 0 amide bonds. The predicted molar refractivity (Wildman–Crippen MR) is 107 cm³/mol. The van der Waals surface area contributed by atoms with Gasteiger partial charge < -0.3 is 9.84 Å². The first-order valence-electron chi connectivity index (χ1n) is 8.68. The third-order valence-corrected chi connectivity index (χ3v) is 5.03. The van der Waals surface area contributed by atoms with Crippen LogP contribution in [0.15, 0.2) is 69.2 Å². The van der Waals surface area contributed by atoms with Gasteiger partial charge in [0.1, 0.15) is 0 Å². The first-order valence-corrected chi connectivity index (χ1v) is 9.90. The summed E-state index contributed by atoms with van der Waals surface area (Å²) in [6.07, 6.45) is -3.58. The topological polar surface area (TPSA) is 90.5 Å². The zero-order chi connectivity index (χ0) is 22.8. The lowest BCUT2D eigenvalue weighted by Crippen LogP contribution is -2.40. The van der Waals surface area contributed by atoms with Crippen molar-refractivity contribution >= 4 is 17.9 Å². The molecule has 0 bridgehead atoms. The van der Waals surface area contributed by atoms with Crippen LogP contribution < -0.4 is 16.0 Å². The zero-order valence-corrected chi connectivity index (χ0v) is 16.7. The Labute approximate surface area is 177 Å². The largest absolute Gasteiger partial charge is 0.511 e. The minimum atomic E-state index is -4.60. The number of carboxylic acid groups (broad SMARTS) is 1. The third-order valence-electron chi connectivity index (χ3n) is 4.28. The van der Waals surface area contributed by atoms with Crippen LogP contribution in [-0.4, -0.2) is 26.7 Å². The summed E-state index contributed by atoms with van der Waals surface area (Å²) in [7, 11) is 0. The van der Waals surface area contributed by atoms with Crippen LogP contribution in [0.3, 0.4) is 0 Å². The van der Waals surface area contributed by atoms with Crippen LogP contribution >= 0.6 is 11.8 Å². The standard InChI is InChI=1S/C20H15F3N2O5S/c1-31-15-7-5-14(6-8-15)24-11-16(30-19(28)29)17(26)25(18(24)27)10-12-3-2-4-13(9-12)20(21,22)23/h2-9,11H,10H2,1H3,(H,28,29). The molecule has 7 nitrogen and oxygen atoms in total. The molecule has 1 heterocycles. The SMILES string of the molecule is CSc1ccc(-n2cc(OC(=O)O)c(=O)n(Cc3cccc(C(F)(F)F)c3)c2=O)cc1. The molecule has 0 spiro atoms. The van der Waals surface area contributed by atoms with Crippen molar-refractivity contribution in [2.24, 2.45) is 0 Å². The van der Waals surface area contributed by atoms with Crippen molar-refractivity contribution in [1.29, 1.82) is 0 Å². The van der Waals surface area contributed by atoms with E-state index >= 15 is 0 Å². The van der Waals surface area contributed by atoms with Crippen LogP contribution in [0, 0.1) is 0 Å². The van der Waals surface area contributed by atoms with E-state index in [1.54, 1.807) is 24.3 Å². The van der Waals surface area contributed by atoms with E-state index in [2.05, 4.69) is 4.74 Å². The number of carbonyl (C=O) groups is 1. The van der Waals surface area contributed by atoms with E-state index in [1.807, 2.05) is 6.26 Å². The van der Waals surface area contributed by atoms with Gasteiger partial charge in [0.15, 0.2) is 0 Å². The summed E-state index contributed by atoms with van der Waals surface area (Å²) in [6, 6.07) is 10.7. The summed E-state index contributed by atoms with van der Waals surface area (Å²) in [5.74, 6) is -0.659. The number of nitrogens with zero attached hydrogens (tertiary/aromatic N) is 2. The van der Waals surface area contributed by atoms with Crippen molar-refractivity contribution < 1.29 is 27.8 Å². The fourth-order valence-corrected chi connectivity index (χ4v) is 3.25. The molecule has 0 aliphatic carbocycles. The summed E-state index contributed by atoms with van der Waals surface area (Å²) >= 11 is 1.46. The smallest absolute Gasteiger partial charge is 0.449 e. The number of halogens is 3. The van der Waals surface area contributed by atoms with Crippen molar-refractivity contribution in [2.75, 3.05) is 6.26 Å². The molecule has 31 heavy (non-hydrogen) atoms. The van der Waals surface area contributed by atoms with Gasteiger partial charge in [0, 0.05) is 4.90 Å². The maximum absolute atomic E-state index is 13.0. The van der Waals surface area contributed by atoms with E-state index in [0.29, 0.717) is 10.3 Å². The molecule has 11 heteroatoms. The highest BCUT2D eigenvalue weighted by Gasteiger charge is 2.30. The summed E-state index contributed by atoms with van der Waals surface area (Å²) < 4.78 is 45.1. The van der Waals surface area contributed by atoms with Gasteiger partial charge in [-0.15, -0.1) is 11.8 Å². The molecule has 1 aromatic heterocycles. The maximum atomic E-state index is 13.0. The molecule has 0 unspecified atom stereocenters. The molecule has 0 fully saturated rings. The van der Waals surface area contributed by atoms with Gasteiger partial charge >= 0.3 is 18.0 Å². The Morgan fingerprint density at radius 1 is 1.13 bits per heavy atom. The highest BCUT2D eigenvalue weighted by atomic mass is 32.2. The number of aromatic nitrogens is 2. The molecule has 2 aromatic carbocycles. The quantitative estimate of drug-likeness (QED) is 0.467. The van der Waals surface area contributed by atoms with Gasteiger partial charge in [-0.2, -0.15) is 13.2 Å². The molecular weight excluding hydrogens is 437 g/mol. The van der Waals surface area contributed by atoms with E-state index < -0.39 is 41.4 Å². The van der Waals surface area contributed by atoms with Crippen molar-refractivity contribution in [2.45, 2.75) is 17.6 Å². The van der Waals surface area contributed by atoms with E-state index in [9.17, 15) is 27.6 Å². The first kappa shape index (κ1) is 22.2. The number of alkyl halides is 3. The van der Waals surface area contributed by atoms with E-state index in [0.717, 1.165) is 33.9 Å². The summed E-state index contributed by atoms with van der Waals surface area (Å²) in [4.78, 5) is 37.5. The minimum Gasteiger partial charge on any atom is -0.449 e. The molecule has 0 saturated carbocycles. The van der Waals surface area contributed by atoms with Gasteiger partial charge in [0.25, 0.3) is 5.56 Å². The average molecular weight is 452 g/mol. The number of ether oxygens (including phenoxy) is 1. The fourth-order valence-electron chi connectivity index (χ4n) is 2.84. The molecular formula is C20H15F3N2O5S. The van der Waals surface area contributed by atoms with E-state index in [1.165, 1.54) is 17.8 Å². The Morgan fingerprint density at radius 2 is 1.81 bits per heavy atom. The Kier molecular flexibility index (Phi) is 6.25. The van der Waals surface area contributed by atoms with E-state index in [4.69, 9.17) is 5.11 Å². The van der Waals surface area contributed by atoms with Crippen LogP contribution in [0.2, 0.25) is 0 Å². The molecule has 162 valence electrons. The second kappa shape index (κ2) is 8.72. The third kappa shape index (κ3) is 5.00. The van der Waals surface area contributed by atoms with Gasteiger partial charge in [0.2, 0.25) is 5.75 Å². The van der Waals surface area contributed by atoms with Crippen molar-refractivity contribution in [3.8, 4) is 11.4 Å². The Balaban J connectivity index is 2.15. The molecule has 0 aliphatic heterocycles. The molecule has 0 atom stereocenters. The minimum absolute atomic E-state index is 0.0331. The fraction of sp³-hybridized carbons (Fsp3) is 0.150. The zero-order valence-electron chi connectivity index (χ0n) is 15.9. The number of hydrogen-bond donors (Lipinski definition) is 1. The first-order chi connectivity index (χ1) is 14.6. The average Bonchev–Trinajstić information content (AvgIpc) is 2.72. The monoisotopic (exact) mass is 452 g/mol. The molecule has 0 saturated heterocycles. The normalized spacial score (nSPS) is 11.4. The lowest BCUT2D eigenvalue weighted by Gasteiger charge is -2.14. The highest BCUT2D eigenvalue weighted by Crippen LogP contribution is 2.29. The molecule has 1 N–H and O–H groups in total. The number of benzene rings is 2. The van der Waals surface area contributed by atoms with Crippen LogP contribution in [0.25, 0.3) is 5.69 Å². The Morgan fingerprint density at radius 3 is 2.39 bits per heavy atom. The summed E-state index contributed by atoms with van der Waals surface area (Å²) in [5, 5.41) is 8.91. The lowest BCUT2D eigenvalue weighted by atomic mass is 10.1. The second-order valence-electron chi connectivity index (χ2n) is 6.30. The van der Waals surface area contributed by atoms with Crippen molar-refractivity contribution in [1.82, 2.24) is 9.13 Å². The highest BCUT2D eigenvalue weighted by molar-refractivity contribution is 7.98. The Hall–Kier alpha value is -3.47. The van der Waals surface area contributed by atoms with Gasteiger partial charge in [-0.1, -0.05) is 12.1 Å². The summed E-state index contributed by atoms with van der Waals surface area (Å²) in [5.41, 5.74) is -2.54. The molecule has 0 aliphatic rings. The predicted octanol–water partition coefficient (Wildman–Crippen LogP) is 3.85. The maximum Gasteiger partial charge on any atom is 0.511 e. The van der Waals surface area contributed by atoms with Gasteiger partial charge in [-0.3, -0.25) is 13.9 Å². The second-order valence-corrected chi connectivity index (χ2v) is 7.18. The van der Waals surface area contributed by atoms with Crippen LogP contribution in [-0.2, 0) is 12.7 Å². The van der Waals surface area contributed by atoms with Crippen LogP contribution in [0.4, 0.5) is 18.0 Å². The lowest BCUT2D eigenvalue weighted by molar-refractivity contribution is -0.137. The van der Waals surface area contributed by atoms with Crippen molar-refractivity contribution in [3.05, 3.63) is 86.7 Å². The molecule has 3 aromatic rings. The number of rotatable bonds is 5. The van der Waals surface area contributed by atoms with Crippen LogP contribution in [0.1, 0.15) is 11.1 Å². The van der Waals surface area contributed by atoms with Gasteiger partial charge in [0.05, 0.1) is 24.0 Å². The number of thioether (sulfide) groups is 1. The van der Waals surface area contributed by atoms with Gasteiger partial charge in [-0.25, -0.2) is 9.59 Å². The van der Waals surface area contributed by atoms with Crippen molar-refractivity contribution in [3.63, 3.8) is 0 Å². The summed E-state index contributed by atoms with van der Waals surface area (Å²) in [6.45, 7) is -0.513. The molecule has 0 radical (unpaired) electrons. The Bertz CT molecular complexity index is 1230. The van der Waals surface area contributed by atoms with E-state index in [-0.39, 0.29) is 5.56 Å². The van der Waals surface area contributed by atoms with Crippen LogP contribution in [0.5, 0.6) is 5.75 Å².